The highest BCUT2D eigenvalue weighted by molar-refractivity contribution is 5.81. The Hall–Kier alpha value is -1.59. The topological polar surface area (TPSA) is 95.7 Å². The number of carbonyl (C=O) groups excluding carboxylic acids is 3. The van der Waals surface area contributed by atoms with Gasteiger partial charge in [0, 0.05) is 6.92 Å². The predicted octanol–water partition coefficient (Wildman–Crippen LogP) is -0.397. The van der Waals surface area contributed by atoms with Crippen LogP contribution in [0.1, 0.15) is 19.8 Å². The number of nitrogens with two attached hydrogens (primary N) is 1. The summed E-state index contributed by atoms with van der Waals surface area (Å²) in [7, 11) is 1.28. The minimum Gasteiger partial charge on any atom is -0.469 e. The molecule has 0 aromatic rings. The van der Waals surface area contributed by atoms with Crippen molar-refractivity contribution in [2.45, 2.75) is 25.9 Å². The van der Waals surface area contributed by atoms with Gasteiger partial charge >= 0.3 is 11.9 Å². The fraction of sp³-hybridized carbons (Fsp3) is 0.700. The Labute approximate surface area is 93.1 Å². The summed E-state index contributed by atoms with van der Waals surface area (Å²) in [5.74, 6) is -2.47. The van der Waals surface area contributed by atoms with E-state index in [9.17, 15) is 14.4 Å². The second-order valence-corrected chi connectivity index (χ2v) is 3.85. The predicted molar refractivity (Wildman–Crippen MR) is 53.0 cm³/mol. The molecule has 6 heteroatoms. The first-order valence-corrected chi connectivity index (χ1v) is 5.00. The van der Waals surface area contributed by atoms with Gasteiger partial charge in [-0.25, -0.2) is 0 Å². The first-order chi connectivity index (χ1) is 7.45. The van der Waals surface area contributed by atoms with E-state index in [0.29, 0.717) is 6.42 Å². The van der Waals surface area contributed by atoms with Crippen LogP contribution in [-0.2, 0) is 23.9 Å². The Balaban J connectivity index is 2.71. The minimum absolute atomic E-state index is 0.278. The molecule has 0 unspecified atom stereocenters. The zero-order valence-corrected chi connectivity index (χ0v) is 9.26. The lowest BCUT2D eigenvalue weighted by Crippen LogP contribution is -2.32. The van der Waals surface area contributed by atoms with Gasteiger partial charge in [0.15, 0.2) is 0 Å². The van der Waals surface area contributed by atoms with Crippen molar-refractivity contribution in [3.05, 3.63) is 0 Å². The molecule has 1 saturated carbocycles. The van der Waals surface area contributed by atoms with E-state index in [1.54, 1.807) is 0 Å². The van der Waals surface area contributed by atoms with Gasteiger partial charge < -0.3 is 15.2 Å². The normalized spacial score (nSPS) is 28.5. The molecule has 1 aliphatic rings. The molecular weight excluding hydrogens is 214 g/mol. The Morgan fingerprint density at radius 1 is 1.25 bits per heavy atom. The molecule has 3 atom stereocenters. The zero-order chi connectivity index (χ0) is 12.3. The Morgan fingerprint density at radius 3 is 2.31 bits per heavy atom. The van der Waals surface area contributed by atoms with E-state index < -0.39 is 35.8 Å². The molecule has 90 valence electrons. The summed E-state index contributed by atoms with van der Waals surface area (Å²) < 4.78 is 9.55. The monoisotopic (exact) mass is 229 g/mol. The van der Waals surface area contributed by atoms with Crippen LogP contribution in [0.2, 0.25) is 0 Å². The number of rotatable bonds is 3. The molecule has 0 heterocycles. The maximum absolute atomic E-state index is 11.3. The molecule has 0 radical (unpaired) electrons. The zero-order valence-electron chi connectivity index (χ0n) is 9.26. The number of amides is 1. The highest BCUT2D eigenvalue weighted by Gasteiger charge is 2.43. The summed E-state index contributed by atoms with van der Waals surface area (Å²) >= 11 is 0. The first-order valence-electron chi connectivity index (χ1n) is 5.00. The molecule has 6 nitrogen and oxygen atoms in total. The number of hydrogen-bond acceptors (Lipinski definition) is 5. The molecular formula is C10H15NO5. The SMILES string of the molecule is COC(=O)[C@@H]1C[C@@H](OC(C)=O)[C@H](C(N)=O)C1. The third kappa shape index (κ3) is 2.71. The summed E-state index contributed by atoms with van der Waals surface area (Å²) in [4.78, 5) is 33.3. The van der Waals surface area contributed by atoms with Crippen LogP contribution >= 0.6 is 0 Å². The number of esters is 2. The fourth-order valence-corrected chi connectivity index (χ4v) is 2.00. The Kier molecular flexibility index (Phi) is 3.87. The number of methoxy groups -OCH3 is 1. The van der Waals surface area contributed by atoms with Gasteiger partial charge in [-0.05, 0) is 12.8 Å². The minimum atomic E-state index is -0.612. The highest BCUT2D eigenvalue weighted by Crippen LogP contribution is 2.34. The summed E-state index contributed by atoms with van der Waals surface area (Å²) in [6.45, 7) is 1.25. The summed E-state index contributed by atoms with van der Waals surface area (Å²) in [6, 6.07) is 0. The molecule has 0 aromatic carbocycles. The smallest absolute Gasteiger partial charge is 0.308 e. The van der Waals surface area contributed by atoms with Crippen LogP contribution < -0.4 is 5.73 Å². The van der Waals surface area contributed by atoms with Gasteiger partial charge in [0.2, 0.25) is 5.91 Å². The molecule has 1 rings (SSSR count). The number of hydrogen-bond donors (Lipinski definition) is 1. The molecule has 0 bridgehead atoms. The van der Waals surface area contributed by atoms with Crippen LogP contribution in [0.5, 0.6) is 0 Å². The molecule has 0 aromatic heterocycles. The van der Waals surface area contributed by atoms with Gasteiger partial charge in [-0.3, -0.25) is 14.4 Å². The first kappa shape index (κ1) is 12.5. The largest absolute Gasteiger partial charge is 0.469 e. The van der Waals surface area contributed by atoms with Gasteiger partial charge in [0.05, 0.1) is 18.9 Å². The van der Waals surface area contributed by atoms with Crippen molar-refractivity contribution in [1.29, 1.82) is 0 Å². The van der Waals surface area contributed by atoms with Crippen LogP contribution in [0.4, 0.5) is 0 Å². The van der Waals surface area contributed by atoms with Crippen LogP contribution in [0, 0.1) is 11.8 Å². The van der Waals surface area contributed by atoms with Crippen molar-refractivity contribution in [3.63, 3.8) is 0 Å². The van der Waals surface area contributed by atoms with E-state index in [1.807, 2.05) is 0 Å². The lowest BCUT2D eigenvalue weighted by Gasteiger charge is -2.15. The third-order valence-electron chi connectivity index (χ3n) is 2.72. The molecule has 16 heavy (non-hydrogen) atoms. The Bertz CT molecular complexity index is 314. The van der Waals surface area contributed by atoms with E-state index >= 15 is 0 Å². The standard InChI is InChI=1S/C10H15NO5/c1-5(12)16-8-4-6(10(14)15-2)3-7(8)9(11)13/h6-8H,3-4H2,1-2H3,(H2,11,13)/t6-,7+,8+/m0/s1. The second kappa shape index (κ2) is 4.96. The maximum Gasteiger partial charge on any atom is 0.308 e. The summed E-state index contributed by atoms with van der Waals surface area (Å²) in [5, 5.41) is 0. The third-order valence-corrected chi connectivity index (χ3v) is 2.72. The van der Waals surface area contributed by atoms with E-state index in [-0.39, 0.29) is 6.42 Å². The molecule has 0 aliphatic heterocycles. The maximum atomic E-state index is 11.3. The van der Waals surface area contributed by atoms with E-state index in [0.717, 1.165) is 0 Å². The summed E-state index contributed by atoms with van der Waals surface area (Å²) in [6.07, 6.45) is -0.0427. The molecule has 2 N–H and O–H groups in total. The number of primary amides is 1. The van der Waals surface area contributed by atoms with Crippen molar-refractivity contribution < 1.29 is 23.9 Å². The van der Waals surface area contributed by atoms with E-state index in [1.165, 1.54) is 14.0 Å². The van der Waals surface area contributed by atoms with Crippen LogP contribution in [0.3, 0.4) is 0 Å². The molecule has 1 amide bonds. The van der Waals surface area contributed by atoms with Gasteiger partial charge in [-0.1, -0.05) is 0 Å². The molecule has 1 fully saturated rings. The molecule has 0 spiro atoms. The molecule has 1 aliphatic carbocycles. The lowest BCUT2D eigenvalue weighted by atomic mass is 10.0. The average Bonchev–Trinajstić information content (AvgIpc) is 2.59. The quantitative estimate of drug-likeness (QED) is 0.664. The van der Waals surface area contributed by atoms with Gasteiger partial charge in [0.1, 0.15) is 6.10 Å². The van der Waals surface area contributed by atoms with Crippen molar-refractivity contribution in [1.82, 2.24) is 0 Å². The van der Waals surface area contributed by atoms with E-state index in [4.69, 9.17) is 10.5 Å². The van der Waals surface area contributed by atoms with Crippen LogP contribution in [0.15, 0.2) is 0 Å². The van der Waals surface area contributed by atoms with Gasteiger partial charge in [0.25, 0.3) is 0 Å². The fourth-order valence-electron chi connectivity index (χ4n) is 2.00. The van der Waals surface area contributed by atoms with Gasteiger partial charge in [-0.15, -0.1) is 0 Å². The van der Waals surface area contributed by atoms with Crippen molar-refractivity contribution in [2.24, 2.45) is 17.6 Å². The van der Waals surface area contributed by atoms with Crippen molar-refractivity contribution in [3.8, 4) is 0 Å². The van der Waals surface area contributed by atoms with Crippen LogP contribution in [-0.4, -0.2) is 31.1 Å². The molecule has 0 saturated heterocycles. The average molecular weight is 229 g/mol. The number of ether oxygens (including phenoxy) is 2. The number of carbonyl (C=O) groups is 3. The second-order valence-electron chi connectivity index (χ2n) is 3.85. The summed E-state index contributed by atoms with van der Waals surface area (Å²) in [5.41, 5.74) is 5.19. The van der Waals surface area contributed by atoms with E-state index in [2.05, 4.69) is 4.74 Å². The van der Waals surface area contributed by atoms with Crippen molar-refractivity contribution in [2.75, 3.05) is 7.11 Å². The van der Waals surface area contributed by atoms with Crippen LogP contribution in [0.25, 0.3) is 0 Å². The lowest BCUT2D eigenvalue weighted by molar-refractivity contribution is -0.151. The highest BCUT2D eigenvalue weighted by atomic mass is 16.5. The van der Waals surface area contributed by atoms with Crippen molar-refractivity contribution >= 4 is 17.8 Å². The Morgan fingerprint density at radius 2 is 1.88 bits per heavy atom. The van der Waals surface area contributed by atoms with Gasteiger partial charge in [-0.2, -0.15) is 0 Å².